The molecule has 0 radical (unpaired) electrons. The van der Waals surface area contributed by atoms with Gasteiger partial charge in [-0.2, -0.15) is 0 Å². The summed E-state index contributed by atoms with van der Waals surface area (Å²) in [6.45, 7) is 15.9. The molecule has 1 rings (SSSR count). The van der Waals surface area contributed by atoms with Gasteiger partial charge in [-0.3, -0.25) is 14.4 Å². The molecular weight excluding hydrogens is 382 g/mol. The number of carbonyl (C=O) groups excluding carboxylic acids is 3. The second kappa shape index (κ2) is 14.6. The molecule has 2 amide bonds. The Morgan fingerprint density at radius 3 is 2.00 bits per heavy atom. The lowest BCUT2D eigenvalue weighted by atomic mass is 10.0. The molecular formula is C23H45N3O4. The molecule has 7 heteroatoms. The second-order valence-corrected chi connectivity index (χ2v) is 7.46. The van der Waals surface area contributed by atoms with E-state index >= 15 is 0 Å². The number of ether oxygens (including phenoxy) is 1. The summed E-state index contributed by atoms with van der Waals surface area (Å²) < 4.78 is 5.17. The third-order valence-corrected chi connectivity index (χ3v) is 4.20. The Kier molecular flexibility index (Phi) is 13.4. The summed E-state index contributed by atoms with van der Waals surface area (Å²) in [5, 5.41) is 8.65. The van der Waals surface area contributed by atoms with Crippen molar-refractivity contribution in [2.24, 2.45) is 11.8 Å². The minimum Gasteiger partial charge on any atom is -0.461 e. The molecule has 0 saturated heterocycles. The highest BCUT2D eigenvalue weighted by atomic mass is 16.5. The highest BCUT2D eigenvalue weighted by Gasteiger charge is 2.24. The van der Waals surface area contributed by atoms with E-state index in [0.717, 1.165) is 5.56 Å². The molecule has 0 heterocycles. The normalized spacial score (nSPS) is 12.5. The Labute approximate surface area is 185 Å². The number of likely N-dealkylation sites (N-methyl/N-ethyl adjacent to an activating group) is 1. The van der Waals surface area contributed by atoms with Crippen LogP contribution >= 0.6 is 0 Å². The van der Waals surface area contributed by atoms with Gasteiger partial charge in [-0.05, 0) is 37.1 Å². The quantitative estimate of drug-likeness (QED) is 0.486. The number of benzene rings is 1. The standard InChI is InChI=1S/C21H33N3O4.C2H6.3H2/c1-7-22-18(13(2)3)20(26)23-15(6)19(25)24-17-10-8-16(9-11-17)12-28-21(27)14(4)5;1-2;;;/h8-11,13-15,18,22H,7,12H2,1-6H3,(H,23,26)(H,24,25);1-2H3;3*1H/t15-,18-;;;;/m0..../s1. The maximum atomic E-state index is 12.4. The van der Waals surface area contributed by atoms with Crippen LogP contribution in [0.2, 0.25) is 0 Å². The Morgan fingerprint density at radius 1 is 0.967 bits per heavy atom. The van der Waals surface area contributed by atoms with Gasteiger partial charge in [-0.1, -0.05) is 60.6 Å². The average molecular weight is 428 g/mol. The summed E-state index contributed by atoms with van der Waals surface area (Å²) in [5.74, 6) is -0.794. The molecule has 3 N–H and O–H groups in total. The third kappa shape index (κ3) is 9.87. The summed E-state index contributed by atoms with van der Waals surface area (Å²) in [6, 6.07) is 6.03. The number of esters is 1. The number of hydrogen-bond acceptors (Lipinski definition) is 5. The molecule has 0 saturated carbocycles. The molecule has 0 spiro atoms. The van der Waals surface area contributed by atoms with Crippen LogP contribution in [0.5, 0.6) is 0 Å². The van der Waals surface area contributed by atoms with Gasteiger partial charge in [0.15, 0.2) is 0 Å². The molecule has 7 nitrogen and oxygen atoms in total. The van der Waals surface area contributed by atoms with E-state index in [1.165, 1.54) is 0 Å². The fraction of sp³-hybridized carbons (Fsp3) is 0.609. The van der Waals surface area contributed by atoms with Crippen LogP contribution in [0, 0.1) is 11.8 Å². The predicted octanol–water partition coefficient (Wildman–Crippen LogP) is 4.23. The lowest BCUT2D eigenvalue weighted by Crippen LogP contribution is -2.52. The van der Waals surface area contributed by atoms with E-state index in [4.69, 9.17) is 4.74 Å². The van der Waals surface area contributed by atoms with Crippen LogP contribution < -0.4 is 16.0 Å². The Balaban J connectivity index is -0.000000817. The molecule has 0 fully saturated rings. The number of carbonyl (C=O) groups is 3. The van der Waals surface area contributed by atoms with Gasteiger partial charge in [0.2, 0.25) is 11.8 Å². The SMILES string of the molecule is CC.CCN[C@H](C(=O)N[C@@H](C)C(=O)Nc1ccc(COC(=O)C(C)C)cc1)C(C)C.[HH].[HH].[HH]. The van der Waals surface area contributed by atoms with Crippen LogP contribution in [0.15, 0.2) is 24.3 Å². The largest absolute Gasteiger partial charge is 0.461 e. The van der Waals surface area contributed by atoms with E-state index < -0.39 is 6.04 Å². The van der Waals surface area contributed by atoms with Crippen molar-refractivity contribution in [2.45, 2.75) is 74.1 Å². The fourth-order valence-corrected chi connectivity index (χ4v) is 2.48. The first-order valence-electron chi connectivity index (χ1n) is 10.8. The van der Waals surface area contributed by atoms with Crippen LogP contribution in [-0.4, -0.2) is 36.4 Å². The molecule has 0 bridgehead atoms. The molecule has 1 aromatic rings. The monoisotopic (exact) mass is 427 g/mol. The van der Waals surface area contributed by atoms with Crippen LogP contribution in [-0.2, 0) is 25.7 Å². The van der Waals surface area contributed by atoms with Crippen molar-refractivity contribution in [1.29, 1.82) is 0 Å². The summed E-state index contributed by atoms with van der Waals surface area (Å²) in [4.78, 5) is 36.2. The Morgan fingerprint density at radius 2 is 1.53 bits per heavy atom. The number of nitrogens with one attached hydrogen (secondary N) is 3. The molecule has 2 atom stereocenters. The average Bonchev–Trinajstić information content (AvgIpc) is 2.72. The maximum absolute atomic E-state index is 12.4. The highest BCUT2D eigenvalue weighted by Crippen LogP contribution is 2.12. The van der Waals surface area contributed by atoms with Gasteiger partial charge in [0.1, 0.15) is 12.6 Å². The van der Waals surface area contributed by atoms with Gasteiger partial charge >= 0.3 is 5.97 Å². The van der Waals surface area contributed by atoms with Crippen molar-refractivity contribution in [1.82, 2.24) is 10.6 Å². The van der Waals surface area contributed by atoms with E-state index in [1.54, 1.807) is 45.0 Å². The van der Waals surface area contributed by atoms with Crippen LogP contribution in [0.25, 0.3) is 0 Å². The second-order valence-electron chi connectivity index (χ2n) is 7.46. The fourth-order valence-electron chi connectivity index (χ4n) is 2.48. The van der Waals surface area contributed by atoms with Gasteiger partial charge in [0, 0.05) is 9.97 Å². The molecule has 0 aliphatic rings. The zero-order chi connectivity index (χ0) is 23.3. The lowest BCUT2D eigenvalue weighted by molar-refractivity contribution is -0.148. The summed E-state index contributed by atoms with van der Waals surface area (Å²) in [7, 11) is 0. The van der Waals surface area contributed by atoms with Crippen molar-refractivity contribution >= 4 is 23.5 Å². The Bertz CT molecular complexity index is 671. The zero-order valence-corrected chi connectivity index (χ0v) is 19.7. The smallest absolute Gasteiger partial charge is 0.308 e. The Hall–Kier alpha value is -2.41. The molecule has 0 aliphatic heterocycles. The number of amides is 2. The van der Waals surface area contributed by atoms with Crippen molar-refractivity contribution in [2.75, 3.05) is 11.9 Å². The van der Waals surface area contributed by atoms with E-state index in [-0.39, 0.29) is 46.5 Å². The minimum atomic E-state index is -0.668. The molecule has 0 unspecified atom stereocenters. The van der Waals surface area contributed by atoms with E-state index in [1.807, 2.05) is 34.6 Å². The van der Waals surface area contributed by atoms with E-state index in [0.29, 0.717) is 12.2 Å². The molecule has 176 valence electrons. The maximum Gasteiger partial charge on any atom is 0.308 e. The predicted molar refractivity (Wildman–Crippen MR) is 127 cm³/mol. The molecule has 0 aliphatic carbocycles. The van der Waals surface area contributed by atoms with Gasteiger partial charge in [-0.15, -0.1) is 0 Å². The first-order valence-corrected chi connectivity index (χ1v) is 10.8. The summed E-state index contributed by atoms with van der Waals surface area (Å²) in [5.41, 5.74) is 1.44. The first-order chi connectivity index (χ1) is 14.1. The summed E-state index contributed by atoms with van der Waals surface area (Å²) in [6.07, 6.45) is 0. The number of anilines is 1. The first kappa shape index (κ1) is 27.6. The highest BCUT2D eigenvalue weighted by molar-refractivity contribution is 5.97. The van der Waals surface area contributed by atoms with Crippen molar-refractivity contribution in [3.63, 3.8) is 0 Å². The van der Waals surface area contributed by atoms with Crippen LogP contribution in [0.3, 0.4) is 0 Å². The molecule has 0 aromatic heterocycles. The van der Waals surface area contributed by atoms with E-state index in [2.05, 4.69) is 16.0 Å². The number of hydrogen-bond donors (Lipinski definition) is 3. The van der Waals surface area contributed by atoms with Crippen LogP contribution in [0.1, 0.15) is 65.2 Å². The van der Waals surface area contributed by atoms with Gasteiger partial charge in [0.05, 0.1) is 12.0 Å². The molecule has 30 heavy (non-hydrogen) atoms. The van der Waals surface area contributed by atoms with Gasteiger partial charge in [-0.25, -0.2) is 0 Å². The molecule has 1 aromatic carbocycles. The van der Waals surface area contributed by atoms with Crippen LogP contribution in [0.4, 0.5) is 5.69 Å². The lowest BCUT2D eigenvalue weighted by Gasteiger charge is -2.23. The number of rotatable bonds is 10. The van der Waals surface area contributed by atoms with Crippen molar-refractivity contribution in [3.05, 3.63) is 29.8 Å². The van der Waals surface area contributed by atoms with E-state index in [9.17, 15) is 14.4 Å². The third-order valence-electron chi connectivity index (χ3n) is 4.20. The zero-order valence-electron chi connectivity index (χ0n) is 19.7. The van der Waals surface area contributed by atoms with Gasteiger partial charge < -0.3 is 20.7 Å². The summed E-state index contributed by atoms with van der Waals surface area (Å²) >= 11 is 0. The minimum absolute atomic E-state index is 0. The van der Waals surface area contributed by atoms with Gasteiger partial charge in [0.25, 0.3) is 0 Å². The van der Waals surface area contributed by atoms with Crippen molar-refractivity contribution in [3.8, 4) is 0 Å². The van der Waals surface area contributed by atoms with Crippen molar-refractivity contribution < 1.29 is 23.4 Å². The topological polar surface area (TPSA) is 96.5 Å².